The Morgan fingerprint density at radius 1 is 1.40 bits per heavy atom. The van der Waals surface area contributed by atoms with E-state index in [9.17, 15) is 18.0 Å². The second kappa shape index (κ2) is 6.45. The van der Waals surface area contributed by atoms with Crippen LogP contribution in [-0.4, -0.2) is 12.5 Å². The van der Waals surface area contributed by atoms with Crippen LogP contribution >= 0.6 is 11.6 Å². The molecule has 1 aromatic carbocycles. The molecule has 3 nitrogen and oxygen atoms in total. The highest BCUT2D eigenvalue weighted by Gasteiger charge is 2.34. The Labute approximate surface area is 120 Å². The Balaban J connectivity index is 3.07. The first-order valence-electron chi connectivity index (χ1n) is 6.04. The number of hydrogen-bond donors (Lipinski definition) is 2. The van der Waals surface area contributed by atoms with E-state index in [1.807, 2.05) is 0 Å². The number of carbonyl (C=O) groups excluding carboxylic acids is 1. The minimum atomic E-state index is -4.59. The van der Waals surface area contributed by atoms with Crippen molar-refractivity contribution in [2.24, 2.45) is 17.6 Å². The van der Waals surface area contributed by atoms with Crippen molar-refractivity contribution in [2.45, 2.75) is 20.0 Å². The van der Waals surface area contributed by atoms with Gasteiger partial charge in [0.2, 0.25) is 5.91 Å². The van der Waals surface area contributed by atoms with Crippen LogP contribution in [0.25, 0.3) is 0 Å². The summed E-state index contributed by atoms with van der Waals surface area (Å²) in [5, 5.41) is 2.23. The largest absolute Gasteiger partial charge is 0.418 e. The minimum Gasteiger partial charge on any atom is -0.330 e. The second-order valence-electron chi connectivity index (χ2n) is 4.76. The summed E-state index contributed by atoms with van der Waals surface area (Å²) in [7, 11) is 0. The SMILES string of the molecule is CC(C)C(CN)C(=O)Nc1ccc(Cl)cc1C(F)(F)F. The monoisotopic (exact) mass is 308 g/mol. The second-order valence-corrected chi connectivity index (χ2v) is 5.20. The van der Waals surface area contributed by atoms with Crippen LogP contribution in [0.1, 0.15) is 19.4 Å². The van der Waals surface area contributed by atoms with Gasteiger partial charge in [-0.25, -0.2) is 0 Å². The van der Waals surface area contributed by atoms with Crippen molar-refractivity contribution in [1.82, 2.24) is 0 Å². The molecular weight excluding hydrogens is 293 g/mol. The lowest BCUT2D eigenvalue weighted by Gasteiger charge is -2.20. The third kappa shape index (κ3) is 4.11. The average Bonchev–Trinajstić information content (AvgIpc) is 2.30. The lowest BCUT2D eigenvalue weighted by molar-refractivity contribution is -0.137. The summed E-state index contributed by atoms with van der Waals surface area (Å²) in [6.45, 7) is 3.63. The number of alkyl halides is 3. The highest BCUT2D eigenvalue weighted by molar-refractivity contribution is 6.30. The smallest absolute Gasteiger partial charge is 0.330 e. The van der Waals surface area contributed by atoms with Gasteiger partial charge in [0.25, 0.3) is 0 Å². The molecule has 0 spiro atoms. The molecular formula is C13H16ClF3N2O. The Kier molecular flexibility index (Phi) is 5.42. The van der Waals surface area contributed by atoms with E-state index in [0.29, 0.717) is 0 Å². The van der Waals surface area contributed by atoms with E-state index < -0.39 is 23.6 Å². The number of hydrogen-bond acceptors (Lipinski definition) is 2. The van der Waals surface area contributed by atoms with E-state index in [1.165, 1.54) is 6.07 Å². The molecule has 112 valence electrons. The van der Waals surface area contributed by atoms with Crippen LogP contribution in [0.5, 0.6) is 0 Å². The maximum absolute atomic E-state index is 12.9. The van der Waals surface area contributed by atoms with Crippen LogP contribution in [0.4, 0.5) is 18.9 Å². The van der Waals surface area contributed by atoms with Gasteiger partial charge in [0.05, 0.1) is 17.2 Å². The predicted molar refractivity (Wildman–Crippen MR) is 72.5 cm³/mol. The number of nitrogens with two attached hydrogens (primary N) is 1. The number of nitrogens with one attached hydrogen (secondary N) is 1. The summed E-state index contributed by atoms with van der Waals surface area (Å²) in [6.07, 6.45) is -4.59. The minimum absolute atomic E-state index is 0.0467. The molecule has 0 heterocycles. The molecule has 1 amide bonds. The third-order valence-electron chi connectivity index (χ3n) is 2.94. The number of anilines is 1. The van der Waals surface area contributed by atoms with Crippen LogP contribution < -0.4 is 11.1 Å². The molecule has 20 heavy (non-hydrogen) atoms. The lowest BCUT2D eigenvalue weighted by Crippen LogP contribution is -2.33. The lowest BCUT2D eigenvalue weighted by atomic mass is 9.95. The molecule has 1 atom stereocenters. The number of rotatable bonds is 4. The van der Waals surface area contributed by atoms with Crippen molar-refractivity contribution in [3.8, 4) is 0 Å². The van der Waals surface area contributed by atoms with Crippen LogP contribution in [-0.2, 0) is 11.0 Å². The molecule has 0 fully saturated rings. The zero-order valence-corrected chi connectivity index (χ0v) is 11.8. The molecule has 0 radical (unpaired) electrons. The van der Waals surface area contributed by atoms with Crippen LogP contribution in [0.15, 0.2) is 18.2 Å². The van der Waals surface area contributed by atoms with Gasteiger partial charge < -0.3 is 11.1 Å². The van der Waals surface area contributed by atoms with Gasteiger partial charge in [-0.15, -0.1) is 0 Å². The van der Waals surface area contributed by atoms with Gasteiger partial charge in [0.1, 0.15) is 0 Å². The fraction of sp³-hybridized carbons (Fsp3) is 0.462. The van der Waals surface area contributed by atoms with Gasteiger partial charge >= 0.3 is 6.18 Å². The van der Waals surface area contributed by atoms with Gasteiger partial charge in [-0.1, -0.05) is 25.4 Å². The zero-order chi connectivity index (χ0) is 15.5. The highest BCUT2D eigenvalue weighted by Crippen LogP contribution is 2.36. The van der Waals surface area contributed by atoms with Crippen molar-refractivity contribution < 1.29 is 18.0 Å². The maximum Gasteiger partial charge on any atom is 0.418 e. The molecule has 0 saturated carbocycles. The summed E-state index contributed by atoms with van der Waals surface area (Å²) < 4.78 is 38.7. The van der Waals surface area contributed by atoms with E-state index >= 15 is 0 Å². The van der Waals surface area contributed by atoms with Crippen molar-refractivity contribution in [2.75, 3.05) is 11.9 Å². The molecule has 0 aromatic heterocycles. The van der Waals surface area contributed by atoms with Crippen LogP contribution in [0.2, 0.25) is 5.02 Å². The highest BCUT2D eigenvalue weighted by atomic mass is 35.5. The topological polar surface area (TPSA) is 55.1 Å². The summed E-state index contributed by atoms with van der Waals surface area (Å²) in [5.74, 6) is -1.15. The molecule has 0 saturated heterocycles. The Hall–Kier alpha value is -1.27. The Bertz CT molecular complexity index is 489. The van der Waals surface area contributed by atoms with E-state index in [1.54, 1.807) is 13.8 Å². The predicted octanol–water partition coefficient (Wildman–Crippen LogP) is 3.53. The van der Waals surface area contributed by atoms with Crippen LogP contribution in [0.3, 0.4) is 0 Å². The number of amides is 1. The molecule has 0 aliphatic carbocycles. The molecule has 1 rings (SSSR count). The molecule has 0 bridgehead atoms. The van der Waals surface area contributed by atoms with E-state index in [0.717, 1.165) is 12.1 Å². The van der Waals surface area contributed by atoms with Crippen molar-refractivity contribution in [3.05, 3.63) is 28.8 Å². The summed E-state index contributed by atoms with van der Waals surface area (Å²) in [6, 6.07) is 3.21. The van der Waals surface area contributed by atoms with Gasteiger partial charge in [0, 0.05) is 11.6 Å². The molecule has 1 unspecified atom stereocenters. The average molecular weight is 309 g/mol. The summed E-state index contributed by atoms with van der Waals surface area (Å²) in [5.41, 5.74) is 4.18. The fourth-order valence-corrected chi connectivity index (χ4v) is 1.94. The molecule has 7 heteroatoms. The summed E-state index contributed by atoms with van der Waals surface area (Å²) in [4.78, 5) is 12.0. The zero-order valence-electron chi connectivity index (χ0n) is 11.1. The molecule has 3 N–H and O–H groups in total. The van der Waals surface area contributed by atoms with Crippen molar-refractivity contribution in [1.29, 1.82) is 0 Å². The fourth-order valence-electron chi connectivity index (χ4n) is 1.77. The first-order chi connectivity index (χ1) is 9.16. The number of benzene rings is 1. The first kappa shape index (κ1) is 16.8. The first-order valence-corrected chi connectivity index (χ1v) is 6.42. The molecule has 1 aromatic rings. The third-order valence-corrected chi connectivity index (χ3v) is 3.18. The Morgan fingerprint density at radius 2 is 2.00 bits per heavy atom. The van der Waals surface area contributed by atoms with Crippen molar-refractivity contribution in [3.63, 3.8) is 0 Å². The van der Waals surface area contributed by atoms with E-state index in [-0.39, 0.29) is 23.2 Å². The van der Waals surface area contributed by atoms with Gasteiger partial charge in [-0.05, 0) is 24.1 Å². The van der Waals surface area contributed by atoms with E-state index in [4.69, 9.17) is 17.3 Å². The van der Waals surface area contributed by atoms with Gasteiger partial charge in [0.15, 0.2) is 0 Å². The standard InChI is InChI=1S/C13H16ClF3N2O/c1-7(2)9(6-18)12(20)19-11-4-3-8(14)5-10(11)13(15,16)17/h3-5,7,9H,6,18H2,1-2H3,(H,19,20). The van der Waals surface area contributed by atoms with Gasteiger partial charge in [-0.2, -0.15) is 13.2 Å². The normalized spacial score (nSPS) is 13.4. The van der Waals surface area contributed by atoms with Gasteiger partial charge in [-0.3, -0.25) is 4.79 Å². The summed E-state index contributed by atoms with van der Waals surface area (Å²) >= 11 is 5.57. The Morgan fingerprint density at radius 3 is 2.45 bits per heavy atom. The molecule has 0 aliphatic heterocycles. The number of halogens is 4. The van der Waals surface area contributed by atoms with E-state index in [2.05, 4.69) is 5.32 Å². The number of carbonyl (C=O) groups is 1. The molecule has 0 aliphatic rings. The maximum atomic E-state index is 12.9. The van der Waals surface area contributed by atoms with Crippen molar-refractivity contribution >= 4 is 23.2 Å². The quantitative estimate of drug-likeness (QED) is 0.894. The van der Waals surface area contributed by atoms with Crippen LogP contribution in [0, 0.1) is 11.8 Å².